The van der Waals surface area contributed by atoms with Gasteiger partial charge in [0, 0.05) is 4.88 Å². The highest BCUT2D eigenvalue weighted by Crippen LogP contribution is 2.30. The Morgan fingerprint density at radius 1 is 1.26 bits per heavy atom. The Morgan fingerprint density at radius 3 is 2.68 bits per heavy atom. The van der Waals surface area contributed by atoms with E-state index in [4.69, 9.17) is 10.0 Å². The van der Waals surface area contributed by atoms with Crippen LogP contribution in [-0.4, -0.2) is 15.5 Å². The highest BCUT2D eigenvalue weighted by atomic mass is 32.2. The van der Waals surface area contributed by atoms with Crippen molar-refractivity contribution >= 4 is 21.4 Å². The van der Waals surface area contributed by atoms with E-state index in [2.05, 4.69) is 4.89 Å². The Bertz CT molecular complexity index is 664. The Morgan fingerprint density at radius 2 is 2.05 bits per heavy atom. The van der Waals surface area contributed by atoms with Crippen molar-refractivity contribution < 1.29 is 18.2 Å². The minimum atomic E-state index is -3.64. The summed E-state index contributed by atoms with van der Waals surface area (Å²) in [5.41, 5.74) is 1.85. The molecule has 19 heavy (non-hydrogen) atoms. The average Bonchev–Trinajstić information content (AvgIpc) is 2.86. The summed E-state index contributed by atoms with van der Waals surface area (Å²) < 4.78 is 22.6. The zero-order valence-electron chi connectivity index (χ0n) is 10.2. The van der Waals surface area contributed by atoms with Gasteiger partial charge >= 0.3 is 0 Å². The van der Waals surface area contributed by atoms with E-state index in [1.807, 2.05) is 24.3 Å². The lowest BCUT2D eigenvalue weighted by Crippen LogP contribution is -2.09. The van der Waals surface area contributed by atoms with Crippen LogP contribution in [0.1, 0.15) is 5.56 Å². The van der Waals surface area contributed by atoms with Gasteiger partial charge in [0.2, 0.25) is 10.0 Å². The van der Waals surface area contributed by atoms with Crippen LogP contribution in [0.4, 0.5) is 0 Å². The van der Waals surface area contributed by atoms with Crippen LogP contribution < -0.4 is 5.14 Å². The molecule has 7 heteroatoms. The van der Waals surface area contributed by atoms with Gasteiger partial charge in [0.05, 0.1) is 7.11 Å². The molecule has 1 aromatic carbocycles. The molecule has 2 aromatic rings. The van der Waals surface area contributed by atoms with Gasteiger partial charge in [-0.05, 0) is 29.3 Å². The third-order valence-electron chi connectivity index (χ3n) is 2.42. The van der Waals surface area contributed by atoms with Gasteiger partial charge in [-0.1, -0.05) is 18.2 Å². The summed E-state index contributed by atoms with van der Waals surface area (Å²) in [5, 5.41) is 5.09. The molecule has 0 amide bonds. The Balaban J connectivity index is 2.29. The second-order valence-electron chi connectivity index (χ2n) is 3.79. The van der Waals surface area contributed by atoms with Gasteiger partial charge in [-0.2, -0.15) is 0 Å². The molecule has 0 aliphatic heterocycles. The van der Waals surface area contributed by atoms with E-state index in [0.29, 0.717) is 6.61 Å². The van der Waals surface area contributed by atoms with Crippen molar-refractivity contribution in [1.29, 1.82) is 0 Å². The second kappa shape index (κ2) is 5.81. The lowest BCUT2D eigenvalue weighted by Gasteiger charge is -2.03. The number of sulfonamides is 1. The van der Waals surface area contributed by atoms with Crippen LogP contribution in [-0.2, 0) is 26.4 Å². The molecule has 0 saturated carbocycles. The SMILES string of the molecule is COOCc1cccc(-c2ccc(S(N)(=O)=O)s2)c1. The summed E-state index contributed by atoms with van der Waals surface area (Å²) in [6.45, 7) is 0.331. The van der Waals surface area contributed by atoms with E-state index >= 15 is 0 Å². The van der Waals surface area contributed by atoms with Crippen molar-refractivity contribution in [3.63, 3.8) is 0 Å². The van der Waals surface area contributed by atoms with Gasteiger partial charge in [-0.3, -0.25) is 0 Å². The molecule has 0 fully saturated rings. The summed E-state index contributed by atoms with van der Waals surface area (Å²) in [5.74, 6) is 0. The molecular formula is C12H13NO4S2. The molecular weight excluding hydrogens is 286 g/mol. The van der Waals surface area contributed by atoms with Crippen molar-refractivity contribution in [2.75, 3.05) is 7.11 Å². The lowest BCUT2D eigenvalue weighted by molar-refractivity contribution is -0.282. The van der Waals surface area contributed by atoms with Gasteiger partial charge in [-0.15, -0.1) is 11.3 Å². The molecule has 5 nitrogen and oxygen atoms in total. The number of benzene rings is 1. The van der Waals surface area contributed by atoms with E-state index in [1.165, 1.54) is 13.2 Å². The Labute approximate surface area is 115 Å². The Kier molecular flexibility index (Phi) is 4.33. The largest absolute Gasteiger partial charge is 0.247 e. The minimum absolute atomic E-state index is 0.154. The molecule has 1 aromatic heterocycles. The van der Waals surface area contributed by atoms with Gasteiger partial charge in [0.25, 0.3) is 0 Å². The fourth-order valence-electron chi connectivity index (χ4n) is 1.57. The molecule has 2 N–H and O–H groups in total. The first-order chi connectivity index (χ1) is 9.00. The molecule has 0 spiro atoms. The molecule has 0 aliphatic carbocycles. The van der Waals surface area contributed by atoms with Crippen LogP contribution in [0.15, 0.2) is 40.6 Å². The van der Waals surface area contributed by atoms with Crippen molar-refractivity contribution in [2.24, 2.45) is 5.14 Å². The van der Waals surface area contributed by atoms with Crippen molar-refractivity contribution in [3.8, 4) is 10.4 Å². The number of hydrogen-bond acceptors (Lipinski definition) is 5. The summed E-state index contributed by atoms with van der Waals surface area (Å²) in [6, 6.07) is 10.8. The number of rotatable bonds is 5. The third kappa shape index (κ3) is 3.62. The lowest BCUT2D eigenvalue weighted by atomic mass is 10.1. The van der Waals surface area contributed by atoms with Crippen molar-refractivity contribution in [3.05, 3.63) is 42.0 Å². The predicted molar refractivity (Wildman–Crippen MR) is 72.9 cm³/mol. The molecule has 0 unspecified atom stereocenters. The number of thiophene rings is 1. The van der Waals surface area contributed by atoms with E-state index in [1.54, 1.807) is 6.07 Å². The fraction of sp³-hybridized carbons (Fsp3) is 0.167. The number of hydrogen-bond donors (Lipinski definition) is 1. The predicted octanol–water partition coefficient (Wildman–Crippen LogP) is 2.14. The fourth-order valence-corrected chi connectivity index (χ4v) is 3.29. The number of nitrogens with two attached hydrogens (primary N) is 1. The van der Waals surface area contributed by atoms with Gasteiger partial charge in [0.1, 0.15) is 10.8 Å². The molecule has 2 rings (SSSR count). The molecule has 0 saturated heterocycles. The van der Waals surface area contributed by atoms with Crippen LogP contribution in [0.2, 0.25) is 0 Å². The highest BCUT2D eigenvalue weighted by Gasteiger charge is 2.12. The summed E-state index contributed by atoms with van der Waals surface area (Å²) >= 11 is 1.14. The first-order valence-electron chi connectivity index (χ1n) is 5.38. The van der Waals surface area contributed by atoms with Gasteiger partial charge < -0.3 is 0 Å². The van der Waals surface area contributed by atoms with E-state index < -0.39 is 10.0 Å². The summed E-state index contributed by atoms with van der Waals surface area (Å²) in [4.78, 5) is 10.2. The zero-order chi connectivity index (χ0) is 13.9. The van der Waals surface area contributed by atoms with Crippen LogP contribution in [0.25, 0.3) is 10.4 Å². The first-order valence-corrected chi connectivity index (χ1v) is 7.74. The smallest absolute Gasteiger partial charge is 0.240 e. The Hall–Kier alpha value is -1.25. The van der Waals surface area contributed by atoms with Gasteiger partial charge in [-0.25, -0.2) is 23.3 Å². The van der Waals surface area contributed by atoms with Crippen molar-refractivity contribution in [2.45, 2.75) is 10.8 Å². The van der Waals surface area contributed by atoms with Crippen LogP contribution in [0.5, 0.6) is 0 Å². The summed E-state index contributed by atoms with van der Waals surface area (Å²) in [6.07, 6.45) is 0. The molecule has 0 atom stereocenters. The highest BCUT2D eigenvalue weighted by molar-refractivity contribution is 7.91. The summed E-state index contributed by atoms with van der Waals surface area (Å²) in [7, 11) is -2.19. The van der Waals surface area contributed by atoms with Crippen molar-refractivity contribution in [1.82, 2.24) is 0 Å². The molecule has 102 valence electrons. The first kappa shape index (κ1) is 14.2. The molecule has 0 bridgehead atoms. The topological polar surface area (TPSA) is 78.6 Å². The molecule has 0 aliphatic rings. The maximum absolute atomic E-state index is 11.2. The average molecular weight is 299 g/mol. The monoisotopic (exact) mass is 299 g/mol. The van der Waals surface area contributed by atoms with Crippen LogP contribution in [0.3, 0.4) is 0 Å². The normalized spacial score (nSPS) is 11.7. The van der Waals surface area contributed by atoms with E-state index in [9.17, 15) is 8.42 Å². The zero-order valence-corrected chi connectivity index (χ0v) is 11.8. The number of primary sulfonamides is 1. The minimum Gasteiger partial charge on any atom is -0.240 e. The second-order valence-corrected chi connectivity index (χ2v) is 6.66. The van der Waals surface area contributed by atoms with E-state index in [0.717, 1.165) is 27.3 Å². The van der Waals surface area contributed by atoms with E-state index in [-0.39, 0.29) is 4.21 Å². The van der Waals surface area contributed by atoms with Crippen LogP contribution in [0, 0.1) is 0 Å². The van der Waals surface area contributed by atoms with Gasteiger partial charge in [0.15, 0.2) is 0 Å². The quantitative estimate of drug-likeness (QED) is 0.677. The molecule has 0 radical (unpaired) electrons. The standard InChI is InChI=1S/C12H13NO4S2/c1-16-17-8-9-3-2-4-10(7-9)11-5-6-12(18-11)19(13,14)15/h2-7H,8H2,1H3,(H2,13,14,15). The maximum atomic E-state index is 11.2. The molecule has 1 heterocycles. The van der Waals surface area contributed by atoms with Crippen LogP contribution >= 0.6 is 11.3 Å². The third-order valence-corrected chi connectivity index (χ3v) is 4.99. The maximum Gasteiger partial charge on any atom is 0.247 e.